The maximum absolute atomic E-state index is 12.9. The lowest BCUT2D eigenvalue weighted by Gasteiger charge is -2.17. The van der Waals surface area contributed by atoms with Crippen molar-refractivity contribution in [1.29, 1.82) is 0 Å². The fraction of sp³-hybridized carbons (Fsp3) is 0.211. The predicted molar refractivity (Wildman–Crippen MR) is 95.9 cm³/mol. The second-order valence-electron chi connectivity index (χ2n) is 6.39. The van der Waals surface area contributed by atoms with Gasteiger partial charge in [-0.3, -0.25) is 4.79 Å². The fourth-order valence-corrected chi connectivity index (χ4v) is 3.35. The number of hydrogen-bond acceptors (Lipinski definition) is 4. The molecular formula is C19H13ClF3N3O2. The van der Waals surface area contributed by atoms with Gasteiger partial charge in [-0.2, -0.15) is 18.2 Å². The van der Waals surface area contributed by atoms with Crippen LogP contribution in [0.1, 0.15) is 23.8 Å². The van der Waals surface area contributed by atoms with Crippen LogP contribution < -0.4 is 4.90 Å². The number of anilines is 1. The fourth-order valence-electron chi connectivity index (χ4n) is 3.13. The average Bonchev–Trinajstić information content (AvgIpc) is 3.28. The van der Waals surface area contributed by atoms with Gasteiger partial charge in [0.25, 0.3) is 0 Å². The van der Waals surface area contributed by atoms with Crippen molar-refractivity contribution in [2.24, 2.45) is 0 Å². The normalized spacial score (nSPS) is 17.4. The molecule has 9 heteroatoms. The minimum Gasteiger partial charge on any atom is -0.339 e. The number of benzene rings is 2. The zero-order valence-electron chi connectivity index (χ0n) is 14.3. The molecule has 0 aliphatic carbocycles. The summed E-state index contributed by atoms with van der Waals surface area (Å²) in [6.07, 6.45) is -4.41. The zero-order valence-corrected chi connectivity index (χ0v) is 15.0. The van der Waals surface area contributed by atoms with Crippen molar-refractivity contribution in [3.63, 3.8) is 0 Å². The van der Waals surface area contributed by atoms with Crippen LogP contribution in [-0.4, -0.2) is 22.6 Å². The summed E-state index contributed by atoms with van der Waals surface area (Å²) in [5, 5.41) is 4.37. The summed E-state index contributed by atoms with van der Waals surface area (Å²) >= 11 is 6.13. The van der Waals surface area contributed by atoms with Gasteiger partial charge in [-0.05, 0) is 30.3 Å². The quantitative estimate of drug-likeness (QED) is 0.617. The lowest BCUT2D eigenvalue weighted by atomic mass is 10.1. The smallest absolute Gasteiger partial charge is 0.339 e. The van der Waals surface area contributed by atoms with E-state index in [1.165, 1.54) is 17.0 Å². The standard InChI is InChI=1S/C19H13ClF3N3O2/c20-15-7-2-1-6-14(15)17-24-18(28-25-17)11-8-16(27)26(10-11)13-5-3-4-12(9-13)19(21,22)23/h1-7,9,11H,8,10H2. The third kappa shape index (κ3) is 3.47. The number of aromatic nitrogens is 2. The molecule has 1 fully saturated rings. The first-order chi connectivity index (χ1) is 13.3. The maximum atomic E-state index is 12.9. The van der Waals surface area contributed by atoms with Crippen molar-refractivity contribution < 1.29 is 22.5 Å². The van der Waals surface area contributed by atoms with Crippen LogP contribution in [0.4, 0.5) is 18.9 Å². The molecule has 1 aromatic heterocycles. The number of alkyl halides is 3. The summed E-state index contributed by atoms with van der Waals surface area (Å²) in [6.45, 7) is 0.157. The minimum absolute atomic E-state index is 0.0698. The van der Waals surface area contributed by atoms with Gasteiger partial charge in [0.1, 0.15) is 0 Å². The maximum Gasteiger partial charge on any atom is 0.416 e. The van der Waals surface area contributed by atoms with Crippen molar-refractivity contribution in [1.82, 2.24) is 10.1 Å². The summed E-state index contributed by atoms with van der Waals surface area (Å²) in [5.41, 5.74) is -0.0218. The Morgan fingerprint density at radius 3 is 2.68 bits per heavy atom. The first kappa shape index (κ1) is 18.5. The first-order valence-corrected chi connectivity index (χ1v) is 8.77. The number of carbonyl (C=O) groups excluding carboxylic acids is 1. The summed E-state index contributed by atoms with van der Waals surface area (Å²) in [6, 6.07) is 11.7. The predicted octanol–water partition coefficient (Wildman–Crippen LogP) is 4.93. The molecule has 0 N–H and O–H groups in total. The van der Waals surface area contributed by atoms with E-state index in [0.717, 1.165) is 12.1 Å². The molecule has 1 aliphatic rings. The molecule has 1 amide bonds. The van der Waals surface area contributed by atoms with Gasteiger partial charge in [0.2, 0.25) is 17.6 Å². The van der Waals surface area contributed by atoms with E-state index in [1.807, 2.05) is 0 Å². The number of halogens is 4. The van der Waals surface area contributed by atoms with Crippen LogP contribution in [0.5, 0.6) is 0 Å². The zero-order chi connectivity index (χ0) is 19.9. The highest BCUT2D eigenvalue weighted by Gasteiger charge is 2.37. The van der Waals surface area contributed by atoms with Crippen LogP contribution in [0.2, 0.25) is 5.02 Å². The number of amides is 1. The van der Waals surface area contributed by atoms with Crippen molar-refractivity contribution >= 4 is 23.2 Å². The summed E-state index contributed by atoms with van der Waals surface area (Å²) in [7, 11) is 0. The van der Waals surface area contributed by atoms with Gasteiger partial charge >= 0.3 is 6.18 Å². The van der Waals surface area contributed by atoms with Gasteiger partial charge in [-0.1, -0.05) is 35.0 Å². The van der Waals surface area contributed by atoms with E-state index >= 15 is 0 Å². The van der Waals surface area contributed by atoms with Gasteiger partial charge in [0.05, 0.1) is 16.5 Å². The van der Waals surface area contributed by atoms with Crippen molar-refractivity contribution in [3.05, 3.63) is 65.0 Å². The average molecular weight is 408 g/mol. The lowest BCUT2D eigenvalue weighted by Crippen LogP contribution is -2.24. The molecule has 0 saturated carbocycles. The van der Waals surface area contributed by atoms with Gasteiger partial charge in [0.15, 0.2) is 0 Å². The van der Waals surface area contributed by atoms with E-state index in [9.17, 15) is 18.0 Å². The third-order valence-corrected chi connectivity index (χ3v) is 4.85. The monoisotopic (exact) mass is 407 g/mol. The first-order valence-electron chi connectivity index (χ1n) is 8.39. The van der Waals surface area contributed by atoms with Crippen LogP contribution in [0.15, 0.2) is 53.1 Å². The van der Waals surface area contributed by atoms with Crippen LogP contribution in [0, 0.1) is 0 Å². The molecule has 2 heterocycles. The number of hydrogen-bond donors (Lipinski definition) is 0. The Hall–Kier alpha value is -2.87. The Morgan fingerprint density at radius 1 is 1.14 bits per heavy atom. The van der Waals surface area contributed by atoms with E-state index in [1.54, 1.807) is 24.3 Å². The summed E-state index contributed by atoms with van der Waals surface area (Å²) < 4.78 is 44.1. The summed E-state index contributed by atoms with van der Waals surface area (Å²) in [5.74, 6) is -0.170. The van der Waals surface area contributed by atoms with E-state index in [-0.39, 0.29) is 30.5 Å². The molecule has 1 aliphatic heterocycles. The van der Waals surface area contributed by atoms with Crippen LogP contribution in [-0.2, 0) is 11.0 Å². The molecule has 5 nitrogen and oxygen atoms in total. The second-order valence-corrected chi connectivity index (χ2v) is 6.80. The largest absolute Gasteiger partial charge is 0.416 e. The highest BCUT2D eigenvalue weighted by molar-refractivity contribution is 6.33. The van der Waals surface area contributed by atoms with E-state index in [0.29, 0.717) is 16.4 Å². The molecular weight excluding hydrogens is 395 g/mol. The van der Waals surface area contributed by atoms with Gasteiger partial charge < -0.3 is 9.42 Å². The lowest BCUT2D eigenvalue weighted by molar-refractivity contribution is -0.137. The SMILES string of the molecule is O=C1CC(c2nc(-c3ccccc3Cl)no2)CN1c1cccc(C(F)(F)F)c1. The molecule has 3 aromatic rings. The van der Waals surface area contributed by atoms with Crippen molar-refractivity contribution in [2.75, 3.05) is 11.4 Å². The molecule has 28 heavy (non-hydrogen) atoms. The molecule has 1 atom stereocenters. The Morgan fingerprint density at radius 2 is 1.93 bits per heavy atom. The van der Waals surface area contributed by atoms with Crippen LogP contribution in [0.25, 0.3) is 11.4 Å². The molecule has 2 aromatic carbocycles. The summed E-state index contributed by atoms with van der Waals surface area (Å²) in [4.78, 5) is 18.0. The highest BCUT2D eigenvalue weighted by Crippen LogP contribution is 2.36. The van der Waals surface area contributed by atoms with Gasteiger partial charge in [-0.25, -0.2) is 0 Å². The van der Waals surface area contributed by atoms with E-state index < -0.39 is 17.7 Å². The number of carbonyl (C=O) groups is 1. The molecule has 1 unspecified atom stereocenters. The Balaban J connectivity index is 1.57. The molecule has 0 spiro atoms. The van der Waals surface area contributed by atoms with Crippen molar-refractivity contribution in [3.8, 4) is 11.4 Å². The number of rotatable bonds is 3. The Kier molecular flexibility index (Phi) is 4.58. The van der Waals surface area contributed by atoms with E-state index in [4.69, 9.17) is 16.1 Å². The van der Waals surface area contributed by atoms with Crippen LogP contribution in [0.3, 0.4) is 0 Å². The molecule has 144 valence electrons. The van der Waals surface area contributed by atoms with Gasteiger partial charge in [0, 0.05) is 24.2 Å². The second kappa shape index (κ2) is 6.94. The molecule has 0 radical (unpaired) electrons. The molecule has 1 saturated heterocycles. The Bertz CT molecular complexity index is 1040. The third-order valence-electron chi connectivity index (χ3n) is 4.52. The number of nitrogens with zero attached hydrogens (tertiary/aromatic N) is 3. The molecule has 0 bridgehead atoms. The Labute approximate surface area is 162 Å². The van der Waals surface area contributed by atoms with Gasteiger partial charge in [-0.15, -0.1) is 0 Å². The van der Waals surface area contributed by atoms with Crippen molar-refractivity contribution in [2.45, 2.75) is 18.5 Å². The highest BCUT2D eigenvalue weighted by atomic mass is 35.5. The minimum atomic E-state index is -4.48. The topological polar surface area (TPSA) is 59.2 Å². The van der Waals surface area contributed by atoms with E-state index in [2.05, 4.69) is 10.1 Å². The molecule has 4 rings (SSSR count). The van der Waals surface area contributed by atoms with Crippen LogP contribution >= 0.6 is 11.6 Å².